The van der Waals surface area contributed by atoms with Crippen LogP contribution in [0.25, 0.3) is 0 Å². The molecule has 0 aromatic heterocycles. The maximum atomic E-state index is 12.9. The number of carbonyl (C=O) groups excluding carboxylic acids is 1. The lowest BCUT2D eigenvalue weighted by Crippen LogP contribution is -2.60. The second-order valence-corrected chi connectivity index (χ2v) is 15.5. The van der Waals surface area contributed by atoms with Crippen molar-refractivity contribution in [2.24, 2.45) is 0 Å². The lowest BCUT2D eigenvalue weighted by molar-refractivity contribution is -0.302. The topological polar surface area (TPSA) is 149 Å². The van der Waals surface area contributed by atoms with Crippen molar-refractivity contribution in [1.82, 2.24) is 5.32 Å². The van der Waals surface area contributed by atoms with Crippen LogP contribution in [-0.2, 0) is 14.3 Å². The van der Waals surface area contributed by atoms with Gasteiger partial charge in [-0.15, -0.1) is 0 Å². The Morgan fingerprint density at radius 1 is 0.588 bits per heavy atom. The summed E-state index contributed by atoms with van der Waals surface area (Å²) < 4.78 is 11.2. The zero-order valence-electron chi connectivity index (χ0n) is 33.1. The average molecular weight is 730 g/mol. The third kappa shape index (κ3) is 25.0. The fourth-order valence-corrected chi connectivity index (χ4v) is 7.16. The summed E-state index contributed by atoms with van der Waals surface area (Å²) >= 11 is 0. The second kappa shape index (κ2) is 33.7. The van der Waals surface area contributed by atoms with Gasteiger partial charge in [-0.05, 0) is 12.8 Å². The van der Waals surface area contributed by atoms with Crippen LogP contribution >= 0.6 is 0 Å². The maximum Gasteiger partial charge on any atom is 0.220 e. The van der Waals surface area contributed by atoms with Gasteiger partial charge in [-0.3, -0.25) is 4.79 Å². The number of nitrogens with one attached hydrogen (secondary N) is 1. The van der Waals surface area contributed by atoms with E-state index in [4.69, 9.17) is 9.47 Å². The van der Waals surface area contributed by atoms with E-state index in [2.05, 4.69) is 19.2 Å². The molecule has 1 amide bonds. The lowest BCUT2D eigenvalue weighted by Gasteiger charge is -2.40. The Morgan fingerprint density at radius 2 is 0.980 bits per heavy atom. The normalized spacial score (nSPS) is 21.9. The van der Waals surface area contributed by atoms with Crippen LogP contribution in [0, 0.1) is 0 Å². The second-order valence-electron chi connectivity index (χ2n) is 15.5. The summed E-state index contributed by atoms with van der Waals surface area (Å²) in [7, 11) is 0. The third-order valence-corrected chi connectivity index (χ3v) is 10.7. The first kappa shape index (κ1) is 48.2. The van der Waals surface area contributed by atoms with Crippen molar-refractivity contribution < 1.29 is 39.8 Å². The molecule has 0 saturated carbocycles. The minimum absolute atomic E-state index is 0.132. The fraction of sp³-hybridized carbons (Fsp3) is 0.976. The molecule has 0 aromatic carbocycles. The van der Waals surface area contributed by atoms with E-state index in [9.17, 15) is 30.3 Å². The molecule has 1 rings (SSSR count). The predicted molar refractivity (Wildman–Crippen MR) is 208 cm³/mol. The largest absolute Gasteiger partial charge is 0.394 e. The highest BCUT2D eigenvalue weighted by Crippen LogP contribution is 2.23. The Kier molecular flexibility index (Phi) is 31.9. The first-order valence-electron chi connectivity index (χ1n) is 21.7. The molecule has 51 heavy (non-hydrogen) atoms. The lowest BCUT2D eigenvalue weighted by atomic mass is 9.99. The Hall–Kier alpha value is -0.810. The van der Waals surface area contributed by atoms with Crippen molar-refractivity contribution in [1.29, 1.82) is 0 Å². The molecule has 0 bridgehead atoms. The molecule has 1 saturated heterocycles. The first-order chi connectivity index (χ1) is 24.8. The zero-order chi connectivity index (χ0) is 37.4. The van der Waals surface area contributed by atoms with Crippen LogP contribution in [0.4, 0.5) is 0 Å². The van der Waals surface area contributed by atoms with E-state index in [1.165, 1.54) is 141 Å². The summed E-state index contributed by atoms with van der Waals surface area (Å²) in [5, 5.41) is 54.2. The summed E-state index contributed by atoms with van der Waals surface area (Å²) in [4.78, 5) is 12.9. The standard InChI is InChI=1S/C42H83NO8/c1-3-5-7-9-11-13-15-16-17-18-19-20-22-24-26-28-30-32-38(46)43-35(34-50-42-41(49)40(48)39(47)37(33-44)51-42)36(45)31-29-27-25-23-21-14-12-10-8-6-4-2/h35-37,39-42,44-45,47-49H,3-34H2,1-2H3,(H,43,46)/t35-,36+,37+,39+,40?,41?,42+/m0/s1. The molecule has 7 atom stereocenters. The third-order valence-electron chi connectivity index (χ3n) is 10.7. The van der Waals surface area contributed by atoms with E-state index in [-0.39, 0.29) is 12.5 Å². The maximum absolute atomic E-state index is 12.9. The number of aliphatic hydroxyl groups is 5. The molecule has 0 aromatic rings. The van der Waals surface area contributed by atoms with Gasteiger partial charge in [0, 0.05) is 6.42 Å². The molecule has 1 heterocycles. The molecule has 6 N–H and O–H groups in total. The molecule has 9 nitrogen and oxygen atoms in total. The number of unbranched alkanes of at least 4 members (excludes halogenated alkanes) is 26. The van der Waals surface area contributed by atoms with Gasteiger partial charge < -0.3 is 40.3 Å². The van der Waals surface area contributed by atoms with Gasteiger partial charge >= 0.3 is 0 Å². The molecular formula is C42H83NO8. The Morgan fingerprint density at radius 3 is 1.39 bits per heavy atom. The molecule has 0 radical (unpaired) electrons. The van der Waals surface area contributed by atoms with Gasteiger partial charge in [-0.1, -0.05) is 187 Å². The molecule has 1 aliphatic rings. The van der Waals surface area contributed by atoms with Crippen molar-refractivity contribution in [3.8, 4) is 0 Å². The highest BCUT2D eigenvalue weighted by atomic mass is 16.7. The molecule has 304 valence electrons. The smallest absolute Gasteiger partial charge is 0.220 e. The van der Waals surface area contributed by atoms with Gasteiger partial charge in [0.2, 0.25) is 5.91 Å². The van der Waals surface area contributed by atoms with E-state index in [0.29, 0.717) is 12.8 Å². The summed E-state index contributed by atoms with van der Waals surface area (Å²) in [6.45, 7) is 3.83. The van der Waals surface area contributed by atoms with Crippen LogP contribution in [0.1, 0.15) is 206 Å². The van der Waals surface area contributed by atoms with Crippen LogP contribution in [0.5, 0.6) is 0 Å². The number of aliphatic hydroxyl groups excluding tert-OH is 5. The molecule has 0 aliphatic carbocycles. The Balaban J connectivity index is 2.32. The van der Waals surface area contributed by atoms with Crippen LogP contribution in [0.3, 0.4) is 0 Å². The average Bonchev–Trinajstić information content (AvgIpc) is 3.13. The van der Waals surface area contributed by atoms with Gasteiger partial charge in [0.15, 0.2) is 6.29 Å². The number of ether oxygens (including phenoxy) is 2. The van der Waals surface area contributed by atoms with E-state index in [1.54, 1.807) is 0 Å². The van der Waals surface area contributed by atoms with E-state index in [1.807, 2.05) is 0 Å². The summed E-state index contributed by atoms with van der Waals surface area (Å²) in [5.74, 6) is -0.142. The number of carbonyl (C=O) groups is 1. The molecule has 9 heteroatoms. The highest BCUT2D eigenvalue weighted by molar-refractivity contribution is 5.76. The van der Waals surface area contributed by atoms with Crippen LogP contribution in [0.15, 0.2) is 0 Å². The minimum atomic E-state index is -1.55. The SMILES string of the molecule is CCCCCCCCCCCCCCCCCCCC(=O)N[C@@H](CO[C@@H]1O[C@H](CO)[C@@H](O)C(O)C1O)[C@H](O)CCCCCCCCCCCCC. The van der Waals surface area contributed by atoms with Crippen LogP contribution < -0.4 is 5.32 Å². The van der Waals surface area contributed by atoms with Crippen molar-refractivity contribution in [3.63, 3.8) is 0 Å². The molecule has 0 spiro atoms. The molecule has 1 fully saturated rings. The van der Waals surface area contributed by atoms with Gasteiger partial charge in [0.05, 0.1) is 25.4 Å². The van der Waals surface area contributed by atoms with Crippen molar-refractivity contribution in [2.45, 2.75) is 249 Å². The number of amides is 1. The monoisotopic (exact) mass is 730 g/mol. The van der Waals surface area contributed by atoms with Crippen molar-refractivity contribution in [2.75, 3.05) is 13.2 Å². The number of hydrogen-bond acceptors (Lipinski definition) is 8. The molecule has 1 aliphatic heterocycles. The molecule has 2 unspecified atom stereocenters. The quantitative estimate of drug-likeness (QED) is 0.0353. The number of hydrogen-bond donors (Lipinski definition) is 6. The highest BCUT2D eigenvalue weighted by Gasteiger charge is 2.44. The fourth-order valence-electron chi connectivity index (χ4n) is 7.16. The minimum Gasteiger partial charge on any atom is -0.394 e. The zero-order valence-corrected chi connectivity index (χ0v) is 33.1. The van der Waals surface area contributed by atoms with Crippen LogP contribution in [-0.4, -0.2) is 87.5 Å². The van der Waals surface area contributed by atoms with Gasteiger partial charge in [0.1, 0.15) is 24.4 Å². The van der Waals surface area contributed by atoms with Gasteiger partial charge in [0.25, 0.3) is 0 Å². The van der Waals surface area contributed by atoms with Gasteiger partial charge in [-0.25, -0.2) is 0 Å². The Labute approximate surface area is 313 Å². The predicted octanol–water partition coefficient (Wildman–Crippen LogP) is 8.39. The summed E-state index contributed by atoms with van der Waals surface area (Å²) in [6, 6.07) is -0.709. The number of rotatable bonds is 36. The van der Waals surface area contributed by atoms with Crippen molar-refractivity contribution >= 4 is 5.91 Å². The summed E-state index contributed by atoms with van der Waals surface area (Å²) in [6.07, 6.45) is 28.2. The van der Waals surface area contributed by atoms with E-state index >= 15 is 0 Å². The van der Waals surface area contributed by atoms with E-state index in [0.717, 1.165) is 38.5 Å². The van der Waals surface area contributed by atoms with Crippen molar-refractivity contribution in [3.05, 3.63) is 0 Å². The Bertz CT molecular complexity index is 771. The summed E-state index contributed by atoms with van der Waals surface area (Å²) in [5.41, 5.74) is 0. The molecular weight excluding hydrogens is 646 g/mol. The van der Waals surface area contributed by atoms with E-state index < -0.39 is 49.5 Å². The first-order valence-corrected chi connectivity index (χ1v) is 21.7. The van der Waals surface area contributed by atoms with Crippen LogP contribution in [0.2, 0.25) is 0 Å². The van der Waals surface area contributed by atoms with Gasteiger partial charge in [-0.2, -0.15) is 0 Å².